The van der Waals surface area contributed by atoms with Gasteiger partial charge in [0.25, 0.3) is 0 Å². The second-order valence-electron chi connectivity index (χ2n) is 12.0. The van der Waals surface area contributed by atoms with E-state index in [-0.39, 0.29) is 23.6 Å². The molecule has 0 aromatic heterocycles. The van der Waals surface area contributed by atoms with Crippen LogP contribution in [0, 0.1) is 11.3 Å². The van der Waals surface area contributed by atoms with Crippen molar-refractivity contribution in [3.63, 3.8) is 0 Å². The third kappa shape index (κ3) is 1.87. The van der Waals surface area contributed by atoms with E-state index in [1.54, 1.807) is 0 Å². The maximum absolute atomic E-state index is 13.9. The second-order valence-corrected chi connectivity index (χ2v) is 12.0. The number of rotatable bonds is 0. The largest absolute Gasteiger partial charge is 0.483 e. The van der Waals surface area contributed by atoms with Crippen molar-refractivity contribution in [3.05, 3.63) is 29.3 Å². The number of hydrogen-bond acceptors (Lipinski definition) is 4. The molecule has 0 unspecified atom stereocenters. The highest BCUT2D eigenvalue weighted by Gasteiger charge is 2.80. The number of piperidine rings is 2. The van der Waals surface area contributed by atoms with E-state index < -0.39 is 27.5 Å². The molecule has 5 fully saturated rings. The molecule has 8 rings (SSSR count). The van der Waals surface area contributed by atoms with Gasteiger partial charge in [-0.3, -0.25) is 14.4 Å². The fourth-order valence-corrected chi connectivity index (χ4v) is 8.24. The predicted molar refractivity (Wildman–Crippen MR) is 122 cm³/mol. The van der Waals surface area contributed by atoms with Gasteiger partial charge in [-0.2, -0.15) is 0 Å². The summed E-state index contributed by atoms with van der Waals surface area (Å²) in [5.41, 5.74) is -1.06. The minimum absolute atomic E-state index is 0.00462. The zero-order valence-corrected chi connectivity index (χ0v) is 19.5. The number of fused-ring (bicyclic) bond motifs is 5. The first-order valence-electron chi connectivity index (χ1n) is 12.0. The van der Waals surface area contributed by atoms with Crippen molar-refractivity contribution < 1.29 is 19.1 Å². The molecule has 3 amide bonds. The van der Waals surface area contributed by atoms with Crippen LogP contribution in [0.2, 0.25) is 0 Å². The van der Waals surface area contributed by atoms with Gasteiger partial charge in [0.1, 0.15) is 22.4 Å². The summed E-state index contributed by atoms with van der Waals surface area (Å²) in [6.07, 6.45) is 6.51. The number of nitrogens with zero attached hydrogens (tertiary/aromatic N) is 1. The van der Waals surface area contributed by atoms with Crippen LogP contribution in [0.4, 0.5) is 5.69 Å². The van der Waals surface area contributed by atoms with E-state index in [0.29, 0.717) is 25.8 Å². The third-order valence-electron chi connectivity index (χ3n) is 9.84. The quantitative estimate of drug-likeness (QED) is 0.640. The van der Waals surface area contributed by atoms with Crippen LogP contribution >= 0.6 is 0 Å². The topological polar surface area (TPSA) is 87.7 Å². The van der Waals surface area contributed by atoms with E-state index in [0.717, 1.165) is 29.0 Å². The molecular weight excluding hydrogens is 418 g/mol. The molecule has 2 bridgehead atoms. The van der Waals surface area contributed by atoms with E-state index in [1.807, 2.05) is 43.0 Å². The number of nitrogens with one attached hydrogen (secondary N) is 2. The average molecular weight is 448 g/mol. The Morgan fingerprint density at radius 3 is 2.67 bits per heavy atom. The van der Waals surface area contributed by atoms with Gasteiger partial charge in [0.05, 0.1) is 11.1 Å². The number of ether oxygens (including phenoxy) is 1. The normalized spacial score (nSPS) is 40.2. The first kappa shape index (κ1) is 19.6. The lowest BCUT2D eigenvalue weighted by atomic mass is 9.57. The Morgan fingerprint density at radius 1 is 1.09 bits per heavy atom. The molecule has 2 N–H and O–H groups in total. The van der Waals surface area contributed by atoms with Crippen molar-refractivity contribution in [1.29, 1.82) is 0 Å². The van der Waals surface area contributed by atoms with Gasteiger partial charge < -0.3 is 20.3 Å². The minimum atomic E-state index is -1.03. The Kier molecular flexibility index (Phi) is 3.14. The number of anilines is 1. The third-order valence-corrected chi connectivity index (χ3v) is 9.84. The predicted octanol–water partition coefficient (Wildman–Crippen LogP) is 2.74. The summed E-state index contributed by atoms with van der Waals surface area (Å²) >= 11 is 0. The SMILES string of the molecule is CC1(C)C=Cc2c(ccc3c2NC(=O)[C@@]32C[C@@]34NC(=O)[C@@]5(CCCN5C3=O)C[C@@H]4C2(C)C)O1. The fourth-order valence-electron chi connectivity index (χ4n) is 8.24. The van der Waals surface area contributed by atoms with E-state index in [1.165, 1.54) is 0 Å². The number of carbonyl (C=O) groups excluding carboxylic acids is 3. The van der Waals surface area contributed by atoms with Crippen LogP contribution in [0.3, 0.4) is 0 Å². The number of amides is 3. The molecule has 3 spiro atoms. The number of carbonyl (C=O) groups is 3. The number of hydrogen-bond donors (Lipinski definition) is 2. The van der Waals surface area contributed by atoms with Gasteiger partial charge in [0.2, 0.25) is 17.7 Å². The molecule has 1 saturated carbocycles. The Morgan fingerprint density at radius 2 is 1.88 bits per heavy atom. The Balaban J connectivity index is 1.43. The molecule has 6 heterocycles. The fraction of sp³-hybridized carbons (Fsp3) is 0.577. The Labute approximate surface area is 192 Å². The minimum Gasteiger partial charge on any atom is -0.483 e. The van der Waals surface area contributed by atoms with Crippen LogP contribution in [-0.4, -0.2) is 45.8 Å². The monoisotopic (exact) mass is 447 g/mol. The molecule has 1 aliphatic carbocycles. The molecule has 7 heteroatoms. The van der Waals surface area contributed by atoms with Crippen LogP contribution in [-0.2, 0) is 19.8 Å². The highest BCUT2D eigenvalue weighted by Crippen LogP contribution is 2.70. The number of piperazine rings is 1. The zero-order valence-electron chi connectivity index (χ0n) is 19.5. The molecule has 7 nitrogen and oxygen atoms in total. The lowest BCUT2D eigenvalue weighted by Gasteiger charge is -2.59. The van der Waals surface area contributed by atoms with Crippen molar-refractivity contribution in [2.75, 3.05) is 11.9 Å². The van der Waals surface area contributed by atoms with Crippen LogP contribution < -0.4 is 15.4 Å². The summed E-state index contributed by atoms with van der Waals surface area (Å²) in [4.78, 5) is 43.0. The molecule has 1 aromatic carbocycles. The highest BCUT2D eigenvalue weighted by molar-refractivity contribution is 6.12. The molecular formula is C26H29N3O4. The molecule has 0 radical (unpaired) electrons. The van der Waals surface area contributed by atoms with Gasteiger partial charge >= 0.3 is 0 Å². The first-order chi connectivity index (χ1) is 15.5. The van der Waals surface area contributed by atoms with Crippen molar-refractivity contribution in [2.45, 2.75) is 75.5 Å². The van der Waals surface area contributed by atoms with E-state index >= 15 is 0 Å². The van der Waals surface area contributed by atoms with Gasteiger partial charge in [-0.1, -0.05) is 19.9 Å². The van der Waals surface area contributed by atoms with Crippen molar-refractivity contribution in [2.24, 2.45) is 11.3 Å². The molecule has 4 saturated heterocycles. The van der Waals surface area contributed by atoms with Gasteiger partial charge in [-0.25, -0.2) is 0 Å². The summed E-state index contributed by atoms with van der Waals surface area (Å²) in [7, 11) is 0. The first-order valence-corrected chi connectivity index (χ1v) is 12.0. The maximum Gasteiger partial charge on any atom is 0.249 e. The zero-order chi connectivity index (χ0) is 23.2. The van der Waals surface area contributed by atoms with Crippen molar-refractivity contribution >= 4 is 29.5 Å². The van der Waals surface area contributed by atoms with Gasteiger partial charge in [0.15, 0.2) is 0 Å². The van der Waals surface area contributed by atoms with Crippen LogP contribution in [0.25, 0.3) is 6.08 Å². The molecule has 6 aliphatic heterocycles. The van der Waals surface area contributed by atoms with E-state index in [2.05, 4.69) is 24.5 Å². The highest BCUT2D eigenvalue weighted by atomic mass is 16.5. The molecule has 172 valence electrons. The molecule has 4 atom stereocenters. The summed E-state index contributed by atoms with van der Waals surface area (Å²) in [5, 5.41) is 6.36. The van der Waals surface area contributed by atoms with E-state index in [4.69, 9.17) is 4.74 Å². The van der Waals surface area contributed by atoms with Gasteiger partial charge in [-0.05, 0) is 68.7 Å². The smallest absolute Gasteiger partial charge is 0.249 e. The molecule has 33 heavy (non-hydrogen) atoms. The summed E-state index contributed by atoms with van der Waals surface area (Å²) < 4.78 is 6.15. The second kappa shape index (κ2) is 5.29. The van der Waals surface area contributed by atoms with Crippen LogP contribution in [0.15, 0.2) is 18.2 Å². The summed E-state index contributed by atoms with van der Waals surface area (Å²) in [5.74, 6) is 0.523. The van der Waals surface area contributed by atoms with Gasteiger partial charge in [0, 0.05) is 18.0 Å². The van der Waals surface area contributed by atoms with Crippen LogP contribution in [0.5, 0.6) is 5.75 Å². The number of benzene rings is 1. The summed E-state index contributed by atoms with van der Waals surface area (Å²) in [6, 6.07) is 3.95. The van der Waals surface area contributed by atoms with Crippen LogP contribution in [0.1, 0.15) is 64.5 Å². The lowest BCUT2D eigenvalue weighted by molar-refractivity contribution is -0.175. The Hall–Kier alpha value is -2.83. The Bertz CT molecular complexity index is 1230. The average Bonchev–Trinajstić information content (AvgIpc) is 3.35. The lowest BCUT2D eigenvalue weighted by Crippen LogP contribution is -2.81. The van der Waals surface area contributed by atoms with Crippen molar-refractivity contribution in [1.82, 2.24) is 10.2 Å². The molecule has 1 aromatic rings. The molecule has 7 aliphatic rings. The maximum atomic E-state index is 13.9. The standard InChI is InChI=1S/C26H29N3O4/c1-22(2)10-8-14-16(33-22)7-6-15-18(14)27-20(31)25(15)13-26-17(23(25,3)4)12-24(19(30)28-26)9-5-11-29(24)21(26)32/h6-8,10,17H,5,9,11-13H2,1-4H3,(H,27,31)(H,28,30)/t17-,24-,25-,26+/m1/s1. The van der Waals surface area contributed by atoms with Gasteiger partial charge in [-0.15, -0.1) is 0 Å². The van der Waals surface area contributed by atoms with E-state index in [9.17, 15) is 14.4 Å². The van der Waals surface area contributed by atoms with Crippen molar-refractivity contribution in [3.8, 4) is 5.75 Å². The summed E-state index contributed by atoms with van der Waals surface area (Å²) in [6.45, 7) is 8.86.